The molecule has 46 heavy (non-hydrogen) atoms. The lowest BCUT2D eigenvalue weighted by Crippen LogP contribution is -2.19. The molecule has 4 heteroatoms. The van der Waals surface area contributed by atoms with E-state index >= 15 is 0 Å². The van der Waals surface area contributed by atoms with E-state index in [0.717, 1.165) is 11.5 Å². The molecule has 0 spiro atoms. The zero-order valence-corrected chi connectivity index (χ0v) is 33.6. The molecule has 2 nitrogen and oxygen atoms in total. The van der Waals surface area contributed by atoms with Crippen LogP contribution in [0.3, 0.4) is 0 Å². The number of thiophene rings is 2. The maximum absolute atomic E-state index is 5.86. The van der Waals surface area contributed by atoms with Gasteiger partial charge in [-0.25, -0.2) is 0 Å². The summed E-state index contributed by atoms with van der Waals surface area (Å²) >= 11 is 3.95. The number of hydrogen-bond donors (Lipinski definition) is 0. The number of ether oxygens (including phenoxy) is 2. The van der Waals surface area contributed by atoms with Gasteiger partial charge >= 0.3 is 0 Å². The van der Waals surface area contributed by atoms with E-state index in [2.05, 4.69) is 135 Å². The molecule has 0 aliphatic carbocycles. The average molecular weight is 659 g/mol. The van der Waals surface area contributed by atoms with Crippen LogP contribution in [0.15, 0.2) is 24.3 Å². The van der Waals surface area contributed by atoms with E-state index in [0.29, 0.717) is 0 Å². The second-order valence-corrected chi connectivity index (χ2v) is 19.3. The molecule has 0 saturated carbocycles. The average Bonchev–Trinajstić information content (AvgIpc) is 3.39. The largest absolute Gasteiger partial charge is 0.497 e. The third-order valence-electron chi connectivity index (χ3n) is 9.48. The normalized spacial score (nSPS) is 13.0. The molecular weight excluding hydrogens is 601 g/mol. The highest BCUT2D eigenvalue weighted by atomic mass is 32.1. The number of hydrogen-bond acceptors (Lipinski definition) is 4. The first-order valence-corrected chi connectivity index (χ1v) is 18.2. The smallest absolute Gasteiger partial charge is 0.119 e. The van der Waals surface area contributed by atoms with Crippen molar-refractivity contribution in [3.8, 4) is 42.1 Å². The predicted octanol–water partition coefficient (Wildman–Crippen LogP) is 13.3. The van der Waals surface area contributed by atoms with Crippen molar-refractivity contribution < 1.29 is 9.47 Å². The fraction of sp³-hybridized carbons (Fsp3) is 0.524. The van der Waals surface area contributed by atoms with Gasteiger partial charge in [0.15, 0.2) is 0 Å². The fourth-order valence-corrected chi connectivity index (χ4v) is 9.44. The van der Waals surface area contributed by atoms with Crippen LogP contribution in [0.25, 0.3) is 30.6 Å². The molecule has 0 aliphatic heterocycles. The first-order chi connectivity index (χ1) is 20.9. The molecule has 250 valence electrons. The minimum atomic E-state index is -0.0436. The Hall–Kier alpha value is -2.56. The van der Waals surface area contributed by atoms with Gasteiger partial charge in [0.25, 0.3) is 0 Å². The topological polar surface area (TPSA) is 18.5 Å². The standard InChI is InChI=1S/C42H58O2S2/c1-23-25(3)37(45-35(23)33-29(39(5,6)7)19-27(43-17)20-30(33)40(8,9)10)38-26(4)24(2)36(46-38)34-31(41(11,12)13)21-28(44-18)22-32(34)42(14,15)16/h19-22H,1-18H3. The maximum Gasteiger partial charge on any atom is 0.119 e. The first kappa shape index (κ1) is 36.3. The molecule has 2 aromatic heterocycles. The molecule has 0 unspecified atom stereocenters. The Morgan fingerprint density at radius 3 is 0.804 bits per heavy atom. The van der Waals surface area contributed by atoms with Gasteiger partial charge in [0, 0.05) is 19.5 Å². The van der Waals surface area contributed by atoms with Gasteiger partial charge in [0.2, 0.25) is 0 Å². The van der Waals surface area contributed by atoms with Crippen molar-refractivity contribution >= 4 is 22.7 Å². The number of rotatable bonds is 5. The third kappa shape index (κ3) is 6.59. The van der Waals surface area contributed by atoms with E-state index in [1.165, 1.54) is 75.1 Å². The Balaban J connectivity index is 2.08. The third-order valence-corrected chi connectivity index (χ3v) is 12.5. The molecule has 4 aromatic rings. The van der Waals surface area contributed by atoms with Crippen molar-refractivity contribution in [2.75, 3.05) is 14.2 Å². The summed E-state index contributed by atoms with van der Waals surface area (Å²) in [6, 6.07) is 9.07. The van der Waals surface area contributed by atoms with Crippen LogP contribution in [0.2, 0.25) is 0 Å². The first-order valence-electron chi connectivity index (χ1n) is 16.6. The Morgan fingerprint density at radius 1 is 0.391 bits per heavy atom. The minimum absolute atomic E-state index is 0.0436. The van der Waals surface area contributed by atoms with Crippen molar-refractivity contribution in [1.29, 1.82) is 0 Å². The van der Waals surface area contributed by atoms with Gasteiger partial charge in [-0.1, -0.05) is 83.1 Å². The van der Waals surface area contributed by atoms with Gasteiger partial charge in [-0.2, -0.15) is 0 Å². The zero-order chi connectivity index (χ0) is 34.9. The van der Waals surface area contributed by atoms with Crippen LogP contribution in [-0.4, -0.2) is 14.2 Å². The fourth-order valence-electron chi connectivity index (χ4n) is 6.42. The predicted molar refractivity (Wildman–Crippen MR) is 205 cm³/mol. The lowest BCUT2D eigenvalue weighted by atomic mass is 9.75. The number of methoxy groups -OCH3 is 2. The van der Waals surface area contributed by atoms with E-state index < -0.39 is 0 Å². The second-order valence-electron chi connectivity index (χ2n) is 17.2. The summed E-state index contributed by atoms with van der Waals surface area (Å²) in [5.41, 5.74) is 13.5. The van der Waals surface area contributed by atoms with Crippen LogP contribution in [0.4, 0.5) is 0 Å². The molecule has 0 aliphatic rings. The van der Waals surface area contributed by atoms with Crippen LogP contribution in [0.5, 0.6) is 11.5 Å². The van der Waals surface area contributed by atoms with Crippen LogP contribution >= 0.6 is 22.7 Å². The summed E-state index contributed by atoms with van der Waals surface area (Å²) in [6.07, 6.45) is 0. The maximum atomic E-state index is 5.86. The van der Waals surface area contributed by atoms with Crippen LogP contribution < -0.4 is 9.47 Å². The molecule has 0 saturated heterocycles. The lowest BCUT2D eigenvalue weighted by Gasteiger charge is -2.31. The summed E-state index contributed by atoms with van der Waals surface area (Å²) in [5, 5.41) is 0. The molecule has 2 heterocycles. The Kier molecular flexibility index (Phi) is 9.58. The van der Waals surface area contributed by atoms with Gasteiger partial charge in [0.1, 0.15) is 11.5 Å². The van der Waals surface area contributed by atoms with E-state index in [-0.39, 0.29) is 21.7 Å². The van der Waals surface area contributed by atoms with Crippen molar-refractivity contribution in [2.24, 2.45) is 0 Å². The van der Waals surface area contributed by atoms with Crippen molar-refractivity contribution in [1.82, 2.24) is 0 Å². The molecule has 2 aromatic carbocycles. The SMILES string of the molecule is COc1cc(C(C)(C)C)c(-c2sc(-c3sc(-c4c(C(C)(C)C)cc(OC)cc4C(C)(C)C)c(C)c3C)c(C)c2C)c(C(C)(C)C)c1. The van der Waals surface area contributed by atoms with Crippen molar-refractivity contribution in [3.05, 3.63) is 68.8 Å². The summed E-state index contributed by atoms with van der Waals surface area (Å²) in [4.78, 5) is 5.55. The molecule has 0 fully saturated rings. The summed E-state index contributed by atoms with van der Waals surface area (Å²) in [5.74, 6) is 1.87. The van der Waals surface area contributed by atoms with Gasteiger partial charge in [0.05, 0.1) is 14.2 Å². The zero-order valence-electron chi connectivity index (χ0n) is 31.9. The van der Waals surface area contributed by atoms with Crippen LogP contribution in [0, 0.1) is 27.7 Å². The molecule has 0 atom stereocenters. The summed E-state index contributed by atoms with van der Waals surface area (Å²) in [7, 11) is 3.57. The summed E-state index contributed by atoms with van der Waals surface area (Å²) < 4.78 is 11.7. The second kappa shape index (κ2) is 12.2. The highest BCUT2D eigenvalue weighted by molar-refractivity contribution is 7.25. The molecule has 0 N–H and O–H groups in total. The highest BCUT2D eigenvalue weighted by Crippen LogP contribution is 2.54. The van der Waals surface area contributed by atoms with Gasteiger partial charge in [-0.05, 0) is 129 Å². The molecule has 0 amide bonds. The van der Waals surface area contributed by atoms with Gasteiger partial charge < -0.3 is 9.47 Å². The van der Waals surface area contributed by atoms with Gasteiger partial charge in [-0.3, -0.25) is 0 Å². The van der Waals surface area contributed by atoms with Crippen molar-refractivity contribution in [2.45, 2.75) is 132 Å². The molecule has 0 bridgehead atoms. The monoisotopic (exact) mass is 658 g/mol. The quantitative estimate of drug-likeness (QED) is 0.212. The Labute approximate surface area is 288 Å². The molecule has 4 rings (SSSR count). The highest BCUT2D eigenvalue weighted by Gasteiger charge is 2.33. The summed E-state index contributed by atoms with van der Waals surface area (Å²) in [6.45, 7) is 37.1. The van der Waals surface area contributed by atoms with Crippen LogP contribution in [-0.2, 0) is 21.7 Å². The van der Waals surface area contributed by atoms with E-state index in [4.69, 9.17) is 9.47 Å². The molecule has 0 radical (unpaired) electrons. The van der Waals surface area contributed by atoms with Crippen LogP contribution in [0.1, 0.15) is 128 Å². The molecular formula is C42H58O2S2. The van der Waals surface area contributed by atoms with E-state index in [1.54, 1.807) is 14.2 Å². The van der Waals surface area contributed by atoms with Crippen molar-refractivity contribution in [3.63, 3.8) is 0 Å². The van der Waals surface area contributed by atoms with Gasteiger partial charge in [-0.15, -0.1) is 22.7 Å². The Morgan fingerprint density at radius 2 is 0.609 bits per heavy atom. The van der Waals surface area contributed by atoms with E-state index in [9.17, 15) is 0 Å². The van der Waals surface area contributed by atoms with E-state index in [1.807, 2.05) is 22.7 Å². The number of benzene rings is 2. The minimum Gasteiger partial charge on any atom is -0.497 e. The Bertz CT molecular complexity index is 1560. The lowest BCUT2D eigenvalue weighted by molar-refractivity contribution is 0.410.